The Labute approximate surface area is 123 Å². The number of benzene rings is 1. The normalized spacial score (nSPS) is 23.6. The Morgan fingerprint density at radius 3 is 2.70 bits per heavy atom. The van der Waals surface area contributed by atoms with Crippen LogP contribution in [0.2, 0.25) is 5.02 Å². The molecule has 1 heterocycles. The van der Waals surface area contributed by atoms with Gasteiger partial charge in [0.1, 0.15) is 16.9 Å². The van der Waals surface area contributed by atoms with Gasteiger partial charge < -0.3 is 14.8 Å². The summed E-state index contributed by atoms with van der Waals surface area (Å²) in [5.74, 6) is 1.12. The van der Waals surface area contributed by atoms with E-state index in [1.807, 2.05) is 0 Å². The molecule has 1 aliphatic carbocycles. The van der Waals surface area contributed by atoms with Crippen LogP contribution in [0.1, 0.15) is 19.3 Å². The predicted molar refractivity (Wildman–Crippen MR) is 76.1 cm³/mol. The molecule has 2 fully saturated rings. The maximum Gasteiger partial charge on any atom is 0.177 e. The van der Waals surface area contributed by atoms with Crippen LogP contribution in [0.25, 0.3) is 0 Å². The molecule has 1 N–H and O–H groups in total. The van der Waals surface area contributed by atoms with Crippen molar-refractivity contribution < 1.29 is 13.9 Å². The Hall–Kier alpha value is -1.00. The Morgan fingerprint density at radius 1 is 1.30 bits per heavy atom. The minimum atomic E-state index is -0.424. The third-order valence-corrected chi connectivity index (χ3v) is 4.50. The summed E-state index contributed by atoms with van der Waals surface area (Å²) in [6.45, 7) is 1.94. The lowest BCUT2D eigenvalue weighted by Gasteiger charge is -2.25. The molecule has 1 aromatic carbocycles. The highest BCUT2D eigenvalue weighted by molar-refractivity contribution is 6.33. The summed E-state index contributed by atoms with van der Waals surface area (Å²) in [6.07, 6.45) is 3.43. The van der Waals surface area contributed by atoms with Crippen molar-refractivity contribution >= 4 is 11.6 Å². The van der Waals surface area contributed by atoms with E-state index in [0.29, 0.717) is 17.6 Å². The van der Waals surface area contributed by atoms with Crippen LogP contribution in [-0.4, -0.2) is 26.3 Å². The van der Waals surface area contributed by atoms with Gasteiger partial charge in [-0.15, -0.1) is 0 Å². The molecule has 5 heteroatoms. The molecule has 0 aromatic heterocycles. The lowest BCUT2D eigenvalue weighted by atomic mass is 9.97. The molecule has 1 unspecified atom stereocenters. The first-order valence-electron chi connectivity index (χ1n) is 7.10. The zero-order valence-electron chi connectivity index (χ0n) is 11.5. The average Bonchev–Trinajstić information content (AvgIpc) is 3.13. The van der Waals surface area contributed by atoms with Crippen molar-refractivity contribution in [3.63, 3.8) is 0 Å². The minimum absolute atomic E-state index is 0.0455. The molecule has 3 rings (SSSR count). The van der Waals surface area contributed by atoms with Crippen LogP contribution in [0, 0.1) is 17.7 Å². The van der Waals surface area contributed by atoms with E-state index in [1.54, 1.807) is 0 Å². The molecule has 1 saturated heterocycles. The summed E-state index contributed by atoms with van der Waals surface area (Å²) in [7, 11) is 1.52. The highest BCUT2D eigenvalue weighted by atomic mass is 35.5. The standard InChI is InChI=1S/C15H19ClFNO2/c1-19-12-5-4-11(17)15(13(12)16)20-14(9-2-3-9)10-6-7-18-8-10/h4-5,9-10,14,18H,2-3,6-8H2,1H3/t10-,14?/m0/s1. The Bertz CT molecular complexity index is 487. The van der Waals surface area contributed by atoms with Crippen molar-refractivity contribution in [2.24, 2.45) is 11.8 Å². The number of rotatable bonds is 5. The van der Waals surface area contributed by atoms with Crippen LogP contribution in [0.4, 0.5) is 4.39 Å². The molecule has 0 bridgehead atoms. The van der Waals surface area contributed by atoms with Gasteiger partial charge in [0.25, 0.3) is 0 Å². The number of halogens is 2. The van der Waals surface area contributed by atoms with E-state index in [9.17, 15) is 4.39 Å². The third kappa shape index (κ3) is 2.72. The molecule has 20 heavy (non-hydrogen) atoms. The molecule has 1 aromatic rings. The first kappa shape index (κ1) is 14.0. The van der Waals surface area contributed by atoms with E-state index in [1.165, 1.54) is 19.2 Å². The van der Waals surface area contributed by atoms with Crippen molar-refractivity contribution in [1.29, 1.82) is 0 Å². The zero-order chi connectivity index (χ0) is 14.1. The number of hydrogen-bond acceptors (Lipinski definition) is 3. The second kappa shape index (κ2) is 5.78. The molecule has 3 nitrogen and oxygen atoms in total. The monoisotopic (exact) mass is 299 g/mol. The quantitative estimate of drug-likeness (QED) is 0.905. The fraction of sp³-hybridized carbons (Fsp3) is 0.600. The smallest absolute Gasteiger partial charge is 0.177 e. The largest absolute Gasteiger partial charge is 0.495 e. The molecule has 2 aliphatic rings. The molecule has 2 atom stereocenters. The highest BCUT2D eigenvalue weighted by Gasteiger charge is 2.40. The fourth-order valence-corrected chi connectivity index (χ4v) is 3.15. The molecule has 0 radical (unpaired) electrons. The summed E-state index contributed by atoms with van der Waals surface area (Å²) in [4.78, 5) is 0. The van der Waals surface area contributed by atoms with Crippen LogP contribution in [0.15, 0.2) is 12.1 Å². The van der Waals surface area contributed by atoms with E-state index in [4.69, 9.17) is 21.1 Å². The van der Waals surface area contributed by atoms with Gasteiger partial charge in [-0.05, 0) is 43.9 Å². The second-order valence-electron chi connectivity index (χ2n) is 5.57. The zero-order valence-corrected chi connectivity index (χ0v) is 12.3. The van der Waals surface area contributed by atoms with E-state index < -0.39 is 5.82 Å². The van der Waals surface area contributed by atoms with Gasteiger partial charge in [-0.2, -0.15) is 0 Å². The van der Waals surface area contributed by atoms with E-state index in [-0.39, 0.29) is 16.9 Å². The van der Waals surface area contributed by atoms with Crippen molar-refractivity contribution in [1.82, 2.24) is 5.32 Å². The lowest BCUT2D eigenvalue weighted by Crippen LogP contribution is -2.31. The first-order valence-corrected chi connectivity index (χ1v) is 7.48. The molecule has 110 valence electrons. The summed E-state index contributed by atoms with van der Waals surface area (Å²) >= 11 is 6.18. The van der Waals surface area contributed by atoms with E-state index in [0.717, 1.165) is 32.4 Å². The van der Waals surface area contributed by atoms with Gasteiger partial charge in [0.2, 0.25) is 0 Å². The van der Waals surface area contributed by atoms with Crippen LogP contribution in [0.5, 0.6) is 11.5 Å². The van der Waals surface area contributed by atoms with Gasteiger partial charge in [-0.3, -0.25) is 0 Å². The maximum absolute atomic E-state index is 14.0. The Balaban J connectivity index is 1.84. The molecular formula is C15H19ClFNO2. The Kier molecular flexibility index (Phi) is 4.03. The number of hydrogen-bond donors (Lipinski definition) is 1. The molecule has 1 aliphatic heterocycles. The number of nitrogens with one attached hydrogen (secondary N) is 1. The van der Waals surface area contributed by atoms with Gasteiger partial charge >= 0.3 is 0 Å². The summed E-state index contributed by atoms with van der Waals surface area (Å²) in [6, 6.07) is 2.87. The van der Waals surface area contributed by atoms with Gasteiger partial charge in [0, 0.05) is 12.5 Å². The summed E-state index contributed by atoms with van der Waals surface area (Å²) in [5.41, 5.74) is 0. The fourth-order valence-electron chi connectivity index (χ4n) is 2.88. The van der Waals surface area contributed by atoms with Crippen molar-refractivity contribution in [3.05, 3.63) is 23.0 Å². The van der Waals surface area contributed by atoms with E-state index >= 15 is 0 Å². The van der Waals surface area contributed by atoms with Crippen molar-refractivity contribution in [2.45, 2.75) is 25.4 Å². The van der Waals surface area contributed by atoms with Crippen molar-refractivity contribution in [2.75, 3.05) is 20.2 Å². The topological polar surface area (TPSA) is 30.5 Å². The average molecular weight is 300 g/mol. The van der Waals surface area contributed by atoms with Gasteiger partial charge in [-0.25, -0.2) is 4.39 Å². The third-order valence-electron chi connectivity index (χ3n) is 4.14. The first-order chi connectivity index (χ1) is 9.70. The van der Waals surface area contributed by atoms with Crippen LogP contribution in [0.3, 0.4) is 0 Å². The minimum Gasteiger partial charge on any atom is -0.495 e. The van der Waals surface area contributed by atoms with Gasteiger partial charge in [-0.1, -0.05) is 11.6 Å². The number of methoxy groups -OCH3 is 1. The highest BCUT2D eigenvalue weighted by Crippen LogP contribution is 2.43. The van der Waals surface area contributed by atoms with E-state index in [2.05, 4.69) is 5.32 Å². The maximum atomic E-state index is 14.0. The summed E-state index contributed by atoms with van der Waals surface area (Å²) < 4.78 is 25.1. The van der Waals surface area contributed by atoms with Crippen LogP contribution >= 0.6 is 11.6 Å². The second-order valence-corrected chi connectivity index (χ2v) is 5.94. The predicted octanol–water partition coefficient (Wildman–Crippen LogP) is 3.25. The lowest BCUT2D eigenvalue weighted by molar-refractivity contribution is 0.115. The molecule has 0 amide bonds. The SMILES string of the molecule is COc1ccc(F)c(OC(C2CC2)[C@H]2CCNC2)c1Cl. The van der Waals surface area contributed by atoms with Crippen LogP contribution < -0.4 is 14.8 Å². The van der Waals surface area contributed by atoms with Crippen molar-refractivity contribution in [3.8, 4) is 11.5 Å². The number of ether oxygens (including phenoxy) is 2. The molecule has 1 saturated carbocycles. The molecule has 0 spiro atoms. The van der Waals surface area contributed by atoms with Gasteiger partial charge in [0.05, 0.1) is 7.11 Å². The van der Waals surface area contributed by atoms with Crippen LogP contribution in [-0.2, 0) is 0 Å². The van der Waals surface area contributed by atoms with Gasteiger partial charge in [0.15, 0.2) is 11.6 Å². The molecular weight excluding hydrogens is 281 g/mol. The summed E-state index contributed by atoms with van der Waals surface area (Å²) in [5, 5.41) is 3.57. The Morgan fingerprint density at radius 2 is 2.10 bits per heavy atom.